The van der Waals surface area contributed by atoms with Gasteiger partial charge in [0.2, 0.25) is 11.6 Å². The van der Waals surface area contributed by atoms with E-state index in [4.69, 9.17) is 4.43 Å². The van der Waals surface area contributed by atoms with Gasteiger partial charge in [-0.2, -0.15) is 0 Å². The predicted octanol–water partition coefficient (Wildman–Crippen LogP) is 4.93. The molecule has 2 atom stereocenters. The van der Waals surface area contributed by atoms with E-state index in [1.807, 2.05) is 22.9 Å². The molecule has 0 amide bonds. The van der Waals surface area contributed by atoms with Gasteiger partial charge < -0.3 is 4.43 Å². The molecule has 2 aromatic rings. The Kier molecular flexibility index (Phi) is 4.39. The molecule has 1 aromatic heterocycles. The molecular formula is C21H29N3O2Si. The summed E-state index contributed by atoms with van der Waals surface area (Å²) in [4.78, 5) is 17.2. The van der Waals surface area contributed by atoms with Crippen molar-refractivity contribution in [1.82, 2.24) is 14.8 Å². The Morgan fingerprint density at radius 3 is 2.44 bits per heavy atom. The topological polar surface area (TPSA) is 57.0 Å². The van der Waals surface area contributed by atoms with Crippen molar-refractivity contribution in [1.29, 1.82) is 0 Å². The average molecular weight is 384 g/mol. The summed E-state index contributed by atoms with van der Waals surface area (Å²) in [6.45, 7) is 11.3. The molecule has 6 heteroatoms. The van der Waals surface area contributed by atoms with Gasteiger partial charge in [-0.25, -0.2) is 9.67 Å². The number of benzene rings is 1. The van der Waals surface area contributed by atoms with Crippen LogP contribution in [0.5, 0.6) is 0 Å². The normalized spacial score (nSPS) is 22.7. The fourth-order valence-electron chi connectivity index (χ4n) is 3.41. The molecule has 0 bridgehead atoms. The van der Waals surface area contributed by atoms with Gasteiger partial charge in [-0.1, -0.05) is 51.1 Å². The van der Waals surface area contributed by atoms with Crippen LogP contribution in [0.3, 0.4) is 0 Å². The zero-order valence-electron chi connectivity index (χ0n) is 16.9. The Morgan fingerprint density at radius 2 is 1.85 bits per heavy atom. The second kappa shape index (κ2) is 6.38. The molecule has 2 unspecified atom stereocenters. The zero-order valence-corrected chi connectivity index (χ0v) is 17.9. The van der Waals surface area contributed by atoms with Crippen molar-refractivity contribution in [2.45, 2.75) is 70.3 Å². The summed E-state index contributed by atoms with van der Waals surface area (Å²) in [5.74, 6) is 1.41. The summed E-state index contributed by atoms with van der Waals surface area (Å²) in [5.41, 5.74) is 1.19. The molecule has 5 nitrogen and oxygen atoms in total. The Hall–Kier alpha value is -1.79. The molecular weight excluding hydrogens is 354 g/mol. The molecule has 1 aromatic carbocycles. The van der Waals surface area contributed by atoms with Gasteiger partial charge in [0.15, 0.2) is 14.1 Å². The molecule has 144 valence electrons. The number of nitrogens with zero attached hydrogens (tertiary/aromatic N) is 3. The van der Waals surface area contributed by atoms with Gasteiger partial charge in [0.1, 0.15) is 6.10 Å². The standard InChI is InChI=1S/C21H29N3O2Si/c1-21(2,3)27(4,5)26-17-13-16(14-9-7-6-8-10-14)24-20(17)22-19(23-24)18(25)15-11-12-15/h6-10,15-17H,11-13H2,1-5H3. The smallest absolute Gasteiger partial charge is 0.217 e. The van der Waals surface area contributed by atoms with Gasteiger partial charge in [0, 0.05) is 12.3 Å². The lowest BCUT2D eigenvalue weighted by Crippen LogP contribution is -2.41. The van der Waals surface area contributed by atoms with Crippen LogP contribution in [0.1, 0.15) is 74.2 Å². The monoisotopic (exact) mass is 383 g/mol. The van der Waals surface area contributed by atoms with Crippen molar-refractivity contribution in [3.63, 3.8) is 0 Å². The van der Waals surface area contributed by atoms with E-state index in [9.17, 15) is 4.79 Å². The van der Waals surface area contributed by atoms with Crippen LogP contribution in [0, 0.1) is 5.92 Å². The first-order valence-corrected chi connectivity index (χ1v) is 12.8. The van der Waals surface area contributed by atoms with E-state index < -0.39 is 8.32 Å². The van der Waals surface area contributed by atoms with Gasteiger partial charge in [0.05, 0.1) is 6.04 Å². The van der Waals surface area contributed by atoms with Crippen LogP contribution >= 0.6 is 0 Å². The van der Waals surface area contributed by atoms with Gasteiger partial charge in [-0.05, 0) is 36.5 Å². The molecule has 0 spiro atoms. The lowest BCUT2D eigenvalue weighted by atomic mass is 10.0. The number of fused-ring (bicyclic) bond motifs is 1. The van der Waals surface area contributed by atoms with E-state index in [1.54, 1.807) is 0 Å². The van der Waals surface area contributed by atoms with E-state index in [1.165, 1.54) is 5.56 Å². The molecule has 2 aliphatic rings. The highest BCUT2D eigenvalue weighted by Gasteiger charge is 2.45. The quantitative estimate of drug-likeness (QED) is 0.543. The SMILES string of the molecule is CC(C)(C)[Si](C)(C)OC1CC(c2ccccc2)n2nc(C(=O)C3CC3)nc21. The fourth-order valence-corrected chi connectivity index (χ4v) is 4.68. The zero-order chi connectivity index (χ0) is 19.4. The van der Waals surface area contributed by atoms with E-state index in [-0.39, 0.29) is 28.9 Å². The van der Waals surface area contributed by atoms with Crippen LogP contribution in [0.4, 0.5) is 0 Å². The van der Waals surface area contributed by atoms with Crippen LogP contribution in [0.2, 0.25) is 18.1 Å². The third kappa shape index (κ3) is 3.41. The minimum absolute atomic E-state index is 0.0734. The van der Waals surface area contributed by atoms with Crippen LogP contribution in [-0.2, 0) is 4.43 Å². The van der Waals surface area contributed by atoms with Crippen LogP contribution in [0.15, 0.2) is 30.3 Å². The summed E-state index contributed by atoms with van der Waals surface area (Å²) < 4.78 is 8.66. The molecule has 0 N–H and O–H groups in total. The number of carbonyl (C=O) groups excluding carboxylic acids is 1. The van der Waals surface area contributed by atoms with E-state index >= 15 is 0 Å². The number of hydrogen-bond acceptors (Lipinski definition) is 4. The van der Waals surface area contributed by atoms with Crippen LogP contribution in [0.25, 0.3) is 0 Å². The van der Waals surface area contributed by atoms with Crippen molar-refractivity contribution in [2.75, 3.05) is 0 Å². The van der Waals surface area contributed by atoms with Gasteiger partial charge in [0.25, 0.3) is 0 Å². The number of carbonyl (C=O) groups is 1. The molecule has 1 saturated carbocycles. The largest absolute Gasteiger partial charge is 0.407 e. The molecule has 4 rings (SSSR count). The van der Waals surface area contributed by atoms with Crippen LogP contribution < -0.4 is 0 Å². The lowest BCUT2D eigenvalue weighted by molar-refractivity contribution is 0.0956. The number of Topliss-reactive ketones (excluding diaryl/α,β-unsaturated/α-hetero) is 1. The molecule has 1 fully saturated rings. The van der Waals surface area contributed by atoms with Crippen molar-refractivity contribution in [3.05, 3.63) is 47.5 Å². The highest BCUT2D eigenvalue weighted by molar-refractivity contribution is 6.74. The Bertz CT molecular complexity index is 850. The minimum Gasteiger partial charge on any atom is -0.407 e. The maximum absolute atomic E-state index is 12.5. The minimum atomic E-state index is -1.96. The third-order valence-electron chi connectivity index (χ3n) is 6.27. The number of ketones is 1. The lowest BCUT2D eigenvalue weighted by Gasteiger charge is -2.38. The summed E-state index contributed by atoms with van der Waals surface area (Å²) in [7, 11) is -1.96. The molecule has 0 saturated heterocycles. The Balaban J connectivity index is 1.70. The van der Waals surface area contributed by atoms with E-state index in [0.29, 0.717) is 5.82 Å². The average Bonchev–Trinajstić information content (AvgIpc) is 3.28. The second-order valence-electron chi connectivity index (χ2n) is 9.41. The van der Waals surface area contributed by atoms with Gasteiger partial charge in [-0.3, -0.25) is 4.79 Å². The van der Waals surface area contributed by atoms with Crippen molar-refractivity contribution >= 4 is 14.1 Å². The summed E-state index contributed by atoms with van der Waals surface area (Å²) in [6, 6.07) is 10.4. The van der Waals surface area contributed by atoms with Gasteiger partial charge >= 0.3 is 0 Å². The first-order valence-electron chi connectivity index (χ1n) is 9.91. The molecule has 1 aliphatic carbocycles. The first-order chi connectivity index (χ1) is 12.7. The molecule has 0 radical (unpaired) electrons. The number of aromatic nitrogens is 3. The van der Waals surface area contributed by atoms with Gasteiger partial charge in [-0.15, -0.1) is 5.10 Å². The van der Waals surface area contributed by atoms with E-state index in [0.717, 1.165) is 25.1 Å². The number of rotatable bonds is 5. The maximum Gasteiger partial charge on any atom is 0.217 e. The number of hydrogen-bond donors (Lipinski definition) is 0. The third-order valence-corrected chi connectivity index (χ3v) is 10.8. The van der Waals surface area contributed by atoms with E-state index in [2.05, 4.69) is 56.1 Å². The summed E-state index contributed by atoms with van der Waals surface area (Å²) in [6.07, 6.45) is 2.65. The Morgan fingerprint density at radius 1 is 1.19 bits per heavy atom. The highest BCUT2D eigenvalue weighted by Crippen LogP contribution is 2.45. The molecule has 27 heavy (non-hydrogen) atoms. The Labute approximate surface area is 162 Å². The fraction of sp³-hybridized carbons (Fsp3) is 0.571. The van der Waals surface area contributed by atoms with Crippen molar-refractivity contribution in [3.8, 4) is 0 Å². The maximum atomic E-state index is 12.5. The second-order valence-corrected chi connectivity index (χ2v) is 14.2. The summed E-state index contributed by atoms with van der Waals surface area (Å²) in [5, 5.41) is 4.76. The molecule has 1 aliphatic heterocycles. The molecule has 2 heterocycles. The van der Waals surface area contributed by atoms with Crippen molar-refractivity contribution in [2.24, 2.45) is 5.92 Å². The summed E-state index contributed by atoms with van der Waals surface area (Å²) >= 11 is 0. The highest BCUT2D eigenvalue weighted by atomic mass is 28.4. The predicted molar refractivity (Wildman–Crippen MR) is 107 cm³/mol. The van der Waals surface area contributed by atoms with Crippen LogP contribution in [-0.4, -0.2) is 28.9 Å². The van der Waals surface area contributed by atoms with Crippen molar-refractivity contribution < 1.29 is 9.22 Å². The first kappa shape index (κ1) is 18.6.